The summed E-state index contributed by atoms with van der Waals surface area (Å²) in [5.41, 5.74) is 4.01. The molecule has 0 saturated heterocycles. The first-order chi connectivity index (χ1) is 8.90. The van der Waals surface area contributed by atoms with Crippen LogP contribution in [0.2, 0.25) is 0 Å². The third-order valence-corrected chi connectivity index (χ3v) is 3.11. The van der Waals surface area contributed by atoms with Gasteiger partial charge in [0.05, 0.1) is 12.1 Å². The fourth-order valence-corrected chi connectivity index (χ4v) is 2.24. The molecule has 0 radical (unpaired) electrons. The van der Waals surface area contributed by atoms with Gasteiger partial charge in [0, 0.05) is 17.1 Å². The number of hydrogen-bond donors (Lipinski definition) is 1. The van der Waals surface area contributed by atoms with Crippen LogP contribution in [0.25, 0.3) is 22.0 Å². The molecule has 2 nitrogen and oxygen atoms in total. The Morgan fingerprint density at radius 3 is 2.50 bits per heavy atom. The smallest absolute Gasteiger partial charge is 0.0780 e. The Labute approximate surface area is 106 Å². The minimum atomic E-state index is 0.0411. The molecule has 0 aliphatic heterocycles. The van der Waals surface area contributed by atoms with Crippen LogP contribution < -0.4 is 0 Å². The molecule has 0 aliphatic rings. The topological polar surface area (TPSA) is 33.1 Å². The third kappa shape index (κ3) is 1.77. The van der Waals surface area contributed by atoms with Gasteiger partial charge in [-0.15, -0.1) is 0 Å². The molecule has 3 aromatic rings. The summed E-state index contributed by atoms with van der Waals surface area (Å²) in [7, 11) is 0. The number of fused-ring (bicyclic) bond motifs is 1. The summed E-state index contributed by atoms with van der Waals surface area (Å²) in [6.07, 6.45) is 1.80. The maximum Gasteiger partial charge on any atom is 0.0780 e. The zero-order valence-corrected chi connectivity index (χ0v) is 9.88. The number of hydrogen-bond acceptors (Lipinski definition) is 2. The minimum Gasteiger partial charge on any atom is -0.392 e. The second-order valence-corrected chi connectivity index (χ2v) is 4.20. The fraction of sp³-hybridized carbons (Fsp3) is 0.0625. The van der Waals surface area contributed by atoms with Gasteiger partial charge >= 0.3 is 0 Å². The molecular weight excluding hydrogens is 222 g/mol. The summed E-state index contributed by atoms with van der Waals surface area (Å²) >= 11 is 0. The zero-order chi connectivity index (χ0) is 12.4. The maximum atomic E-state index is 9.43. The Morgan fingerprint density at radius 2 is 1.61 bits per heavy atom. The third-order valence-electron chi connectivity index (χ3n) is 3.11. The van der Waals surface area contributed by atoms with E-state index >= 15 is 0 Å². The Bertz CT molecular complexity index is 686. The van der Waals surface area contributed by atoms with Gasteiger partial charge in [0.2, 0.25) is 0 Å². The highest BCUT2D eigenvalue weighted by Gasteiger charge is 2.07. The molecule has 0 saturated carbocycles. The van der Waals surface area contributed by atoms with Crippen molar-refractivity contribution in [2.45, 2.75) is 6.61 Å². The van der Waals surface area contributed by atoms with E-state index in [0.29, 0.717) is 0 Å². The van der Waals surface area contributed by atoms with Crippen LogP contribution in [-0.4, -0.2) is 10.1 Å². The fourth-order valence-electron chi connectivity index (χ4n) is 2.24. The van der Waals surface area contributed by atoms with E-state index < -0.39 is 0 Å². The standard InChI is InChI=1S/C16H13NO/c18-11-13-5-1-2-8-14(13)15-9-3-6-12-7-4-10-17-16(12)15/h1-10,18H,11H2. The number of pyridine rings is 1. The zero-order valence-electron chi connectivity index (χ0n) is 9.88. The van der Waals surface area contributed by atoms with Gasteiger partial charge in [0.1, 0.15) is 0 Å². The summed E-state index contributed by atoms with van der Waals surface area (Å²) in [4.78, 5) is 4.45. The van der Waals surface area contributed by atoms with E-state index in [4.69, 9.17) is 0 Å². The van der Waals surface area contributed by atoms with Crippen LogP contribution in [-0.2, 0) is 6.61 Å². The molecule has 0 aliphatic carbocycles. The molecule has 0 atom stereocenters. The molecule has 0 amide bonds. The van der Waals surface area contributed by atoms with Crippen LogP contribution in [0.4, 0.5) is 0 Å². The lowest BCUT2D eigenvalue weighted by Crippen LogP contribution is -1.90. The van der Waals surface area contributed by atoms with Crippen LogP contribution in [0, 0.1) is 0 Å². The van der Waals surface area contributed by atoms with Crippen LogP contribution in [0.5, 0.6) is 0 Å². The molecule has 0 bridgehead atoms. The van der Waals surface area contributed by atoms with Crippen molar-refractivity contribution >= 4 is 10.9 Å². The average Bonchev–Trinajstić information content (AvgIpc) is 2.46. The minimum absolute atomic E-state index is 0.0411. The monoisotopic (exact) mass is 235 g/mol. The van der Waals surface area contributed by atoms with Crippen LogP contribution in [0.3, 0.4) is 0 Å². The molecule has 0 spiro atoms. The van der Waals surface area contributed by atoms with Crippen molar-refractivity contribution in [2.75, 3.05) is 0 Å². The normalized spacial score (nSPS) is 10.7. The summed E-state index contributed by atoms with van der Waals surface area (Å²) in [6.45, 7) is 0.0411. The first kappa shape index (κ1) is 10.9. The summed E-state index contributed by atoms with van der Waals surface area (Å²) in [6, 6.07) is 18.0. The molecular formula is C16H13NO. The van der Waals surface area contributed by atoms with E-state index in [1.165, 1.54) is 0 Å². The molecule has 1 N–H and O–H groups in total. The van der Waals surface area contributed by atoms with E-state index in [9.17, 15) is 5.11 Å². The lowest BCUT2D eigenvalue weighted by molar-refractivity contribution is 0.282. The van der Waals surface area contributed by atoms with Gasteiger partial charge in [-0.2, -0.15) is 0 Å². The SMILES string of the molecule is OCc1ccccc1-c1cccc2cccnc12. The van der Waals surface area contributed by atoms with Crippen molar-refractivity contribution in [2.24, 2.45) is 0 Å². The number of aliphatic hydroxyl groups is 1. The van der Waals surface area contributed by atoms with Gasteiger partial charge in [0.15, 0.2) is 0 Å². The summed E-state index contributed by atoms with van der Waals surface area (Å²) in [5, 5.41) is 10.5. The van der Waals surface area contributed by atoms with Crippen molar-refractivity contribution in [3.63, 3.8) is 0 Å². The van der Waals surface area contributed by atoms with E-state index in [0.717, 1.165) is 27.6 Å². The molecule has 2 aromatic carbocycles. The number of benzene rings is 2. The van der Waals surface area contributed by atoms with E-state index in [2.05, 4.69) is 4.98 Å². The number of aliphatic hydroxyl groups excluding tert-OH is 1. The highest BCUT2D eigenvalue weighted by Crippen LogP contribution is 2.29. The maximum absolute atomic E-state index is 9.43. The highest BCUT2D eigenvalue weighted by atomic mass is 16.3. The Morgan fingerprint density at radius 1 is 0.833 bits per heavy atom. The molecule has 3 rings (SSSR count). The van der Waals surface area contributed by atoms with Crippen LogP contribution in [0.15, 0.2) is 60.8 Å². The molecule has 88 valence electrons. The predicted octanol–water partition coefficient (Wildman–Crippen LogP) is 3.39. The largest absolute Gasteiger partial charge is 0.392 e. The van der Waals surface area contributed by atoms with Crippen molar-refractivity contribution in [3.8, 4) is 11.1 Å². The Hall–Kier alpha value is -2.19. The second kappa shape index (κ2) is 4.59. The van der Waals surface area contributed by atoms with E-state index in [1.807, 2.05) is 54.6 Å². The first-order valence-electron chi connectivity index (χ1n) is 5.93. The second-order valence-electron chi connectivity index (χ2n) is 4.20. The van der Waals surface area contributed by atoms with Crippen molar-refractivity contribution in [1.29, 1.82) is 0 Å². The Kier molecular flexibility index (Phi) is 2.79. The lowest BCUT2D eigenvalue weighted by atomic mass is 9.98. The lowest BCUT2D eigenvalue weighted by Gasteiger charge is -2.09. The first-order valence-corrected chi connectivity index (χ1v) is 5.93. The number of nitrogens with zero attached hydrogens (tertiary/aromatic N) is 1. The highest BCUT2D eigenvalue weighted by molar-refractivity contribution is 5.94. The van der Waals surface area contributed by atoms with Crippen LogP contribution >= 0.6 is 0 Å². The number of rotatable bonds is 2. The van der Waals surface area contributed by atoms with E-state index in [-0.39, 0.29) is 6.61 Å². The molecule has 0 unspecified atom stereocenters. The average molecular weight is 235 g/mol. The van der Waals surface area contributed by atoms with Gasteiger partial charge in [-0.25, -0.2) is 0 Å². The van der Waals surface area contributed by atoms with Gasteiger partial charge in [-0.3, -0.25) is 4.98 Å². The molecule has 1 aromatic heterocycles. The molecule has 18 heavy (non-hydrogen) atoms. The molecule has 2 heteroatoms. The Balaban J connectivity index is 2.32. The molecule has 1 heterocycles. The summed E-state index contributed by atoms with van der Waals surface area (Å²) in [5.74, 6) is 0. The van der Waals surface area contributed by atoms with Crippen LogP contribution in [0.1, 0.15) is 5.56 Å². The quantitative estimate of drug-likeness (QED) is 0.738. The van der Waals surface area contributed by atoms with Crippen molar-refractivity contribution < 1.29 is 5.11 Å². The van der Waals surface area contributed by atoms with E-state index in [1.54, 1.807) is 6.20 Å². The predicted molar refractivity (Wildman–Crippen MR) is 73.1 cm³/mol. The van der Waals surface area contributed by atoms with Gasteiger partial charge in [-0.1, -0.05) is 48.5 Å². The van der Waals surface area contributed by atoms with Gasteiger partial charge in [-0.05, 0) is 17.2 Å². The number of para-hydroxylation sites is 1. The number of aromatic nitrogens is 1. The van der Waals surface area contributed by atoms with Gasteiger partial charge in [0.25, 0.3) is 0 Å². The van der Waals surface area contributed by atoms with Crippen molar-refractivity contribution in [1.82, 2.24) is 4.98 Å². The molecule has 0 fully saturated rings. The van der Waals surface area contributed by atoms with Crippen molar-refractivity contribution in [3.05, 3.63) is 66.4 Å². The summed E-state index contributed by atoms with van der Waals surface area (Å²) < 4.78 is 0. The van der Waals surface area contributed by atoms with Gasteiger partial charge < -0.3 is 5.11 Å².